The molecule has 1 atom stereocenters. The average molecular weight is 422 g/mol. The number of halogens is 3. The van der Waals surface area contributed by atoms with Gasteiger partial charge in [0.15, 0.2) is 4.96 Å². The fraction of sp³-hybridized carbons (Fsp3) is 0.400. The highest BCUT2D eigenvalue weighted by atomic mass is 32.1. The molecule has 1 saturated heterocycles. The molecule has 0 bridgehead atoms. The molecule has 9 heteroatoms. The Morgan fingerprint density at radius 2 is 2.03 bits per heavy atom. The lowest BCUT2D eigenvalue weighted by atomic mass is 10.1. The average Bonchev–Trinajstić information content (AvgIpc) is 3.37. The molecule has 5 nitrogen and oxygen atoms in total. The number of hydrogen-bond donors (Lipinski definition) is 0. The standard InChI is InChI=1S/C20H21F3N4OS/c1-25-9-3-4-15(25)10-26(2)18(28)17-12-29-19-24-16(11-27(17)19)13-5-7-14(8-6-13)20(21,22)23/h5-8,11-12,15H,3-4,9-10H2,1-2H3. The summed E-state index contributed by atoms with van der Waals surface area (Å²) in [4.78, 5) is 22.1. The SMILES string of the molecule is CN(CC1CCCN1C)C(=O)c1csc2nc(-c3ccc(C(F)(F)F)cc3)cn12. The predicted octanol–water partition coefficient (Wildman–Crippen LogP) is 4.25. The molecule has 0 aliphatic carbocycles. The molecule has 0 N–H and O–H groups in total. The number of nitrogens with zero attached hydrogens (tertiary/aromatic N) is 4. The molecule has 3 aromatic rings. The first-order chi connectivity index (χ1) is 13.7. The number of carbonyl (C=O) groups is 1. The fourth-order valence-electron chi connectivity index (χ4n) is 3.71. The van der Waals surface area contributed by atoms with Crippen molar-refractivity contribution in [3.63, 3.8) is 0 Å². The maximum Gasteiger partial charge on any atom is 0.416 e. The molecule has 1 aliphatic rings. The number of likely N-dealkylation sites (N-methyl/N-ethyl adjacent to an activating group) is 2. The first-order valence-electron chi connectivity index (χ1n) is 9.34. The normalized spacial score (nSPS) is 17.9. The van der Waals surface area contributed by atoms with Gasteiger partial charge in [-0.05, 0) is 38.6 Å². The van der Waals surface area contributed by atoms with E-state index < -0.39 is 11.7 Å². The maximum atomic E-state index is 13.0. The molecule has 0 radical (unpaired) electrons. The van der Waals surface area contributed by atoms with Gasteiger partial charge in [0.25, 0.3) is 5.91 Å². The summed E-state index contributed by atoms with van der Waals surface area (Å²) in [6, 6.07) is 5.25. The fourth-order valence-corrected chi connectivity index (χ4v) is 4.56. The predicted molar refractivity (Wildman–Crippen MR) is 106 cm³/mol. The van der Waals surface area contributed by atoms with Crippen LogP contribution in [0.2, 0.25) is 0 Å². The van der Waals surface area contributed by atoms with Crippen molar-refractivity contribution in [2.24, 2.45) is 0 Å². The zero-order chi connectivity index (χ0) is 20.8. The number of amides is 1. The van der Waals surface area contributed by atoms with Crippen LogP contribution >= 0.6 is 11.3 Å². The lowest BCUT2D eigenvalue weighted by Gasteiger charge is -2.25. The highest BCUT2D eigenvalue weighted by Gasteiger charge is 2.30. The van der Waals surface area contributed by atoms with Crippen LogP contribution in [0.1, 0.15) is 28.9 Å². The van der Waals surface area contributed by atoms with E-state index in [2.05, 4.69) is 16.9 Å². The van der Waals surface area contributed by atoms with Crippen molar-refractivity contribution >= 4 is 22.2 Å². The number of fused-ring (bicyclic) bond motifs is 1. The molecule has 1 aliphatic heterocycles. The summed E-state index contributed by atoms with van der Waals surface area (Å²) in [7, 11) is 3.87. The number of carbonyl (C=O) groups excluding carboxylic acids is 1. The van der Waals surface area contributed by atoms with Crippen molar-refractivity contribution in [1.29, 1.82) is 0 Å². The minimum atomic E-state index is -4.37. The molecule has 0 spiro atoms. The van der Waals surface area contributed by atoms with E-state index in [1.54, 1.807) is 27.9 Å². The van der Waals surface area contributed by atoms with E-state index in [4.69, 9.17) is 0 Å². The van der Waals surface area contributed by atoms with E-state index >= 15 is 0 Å². The van der Waals surface area contributed by atoms with Gasteiger partial charge in [-0.25, -0.2) is 4.98 Å². The van der Waals surface area contributed by atoms with Gasteiger partial charge in [0, 0.05) is 36.8 Å². The monoisotopic (exact) mass is 422 g/mol. The number of rotatable bonds is 4. The molecular weight excluding hydrogens is 401 g/mol. The van der Waals surface area contributed by atoms with E-state index in [1.807, 2.05) is 0 Å². The van der Waals surface area contributed by atoms with Crippen LogP contribution in [-0.2, 0) is 6.18 Å². The largest absolute Gasteiger partial charge is 0.416 e. The highest BCUT2D eigenvalue weighted by Crippen LogP contribution is 2.31. The summed E-state index contributed by atoms with van der Waals surface area (Å²) in [5.41, 5.74) is 0.932. The highest BCUT2D eigenvalue weighted by molar-refractivity contribution is 7.15. The molecular formula is C20H21F3N4OS. The second-order valence-electron chi connectivity index (χ2n) is 7.44. The van der Waals surface area contributed by atoms with Gasteiger partial charge in [-0.3, -0.25) is 9.20 Å². The van der Waals surface area contributed by atoms with E-state index in [0.717, 1.165) is 31.5 Å². The van der Waals surface area contributed by atoms with Crippen LogP contribution in [0.25, 0.3) is 16.2 Å². The summed E-state index contributed by atoms with van der Waals surface area (Å²) < 4.78 is 40.0. The van der Waals surface area contributed by atoms with Crippen molar-refractivity contribution in [2.75, 3.05) is 27.2 Å². The van der Waals surface area contributed by atoms with Gasteiger partial charge >= 0.3 is 6.18 Å². The van der Waals surface area contributed by atoms with Gasteiger partial charge in [0.1, 0.15) is 5.69 Å². The van der Waals surface area contributed by atoms with Crippen LogP contribution in [0.15, 0.2) is 35.8 Å². The van der Waals surface area contributed by atoms with Crippen molar-refractivity contribution < 1.29 is 18.0 Å². The van der Waals surface area contributed by atoms with Gasteiger partial charge in [-0.15, -0.1) is 11.3 Å². The zero-order valence-electron chi connectivity index (χ0n) is 16.1. The summed E-state index contributed by atoms with van der Waals surface area (Å²) in [6.45, 7) is 1.71. The Morgan fingerprint density at radius 3 is 2.66 bits per heavy atom. The number of likely N-dealkylation sites (tertiary alicyclic amines) is 1. The summed E-state index contributed by atoms with van der Waals surface area (Å²) in [5, 5.41) is 1.77. The van der Waals surface area contributed by atoms with Crippen molar-refractivity contribution in [2.45, 2.75) is 25.1 Å². The smallest absolute Gasteiger partial charge is 0.339 e. The number of hydrogen-bond acceptors (Lipinski definition) is 4. The second-order valence-corrected chi connectivity index (χ2v) is 8.27. The maximum absolute atomic E-state index is 13.0. The van der Waals surface area contributed by atoms with Crippen LogP contribution in [-0.4, -0.2) is 58.3 Å². The van der Waals surface area contributed by atoms with Gasteiger partial charge < -0.3 is 9.80 Å². The van der Waals surface area contributed by atoms with Crippen LogP contribution in [0.4, 0.5) is 13.2 Å². The molecule has 1 fully saturated rings. The second kappa shape index (κ2) is 7.46. The number of imidazole rings is 1. The van der Waals surface area contributed by atoms with Crippen LogP contribution in [0.5, 0.6) is 0 Å². The Labute approximate surface area is 170 Å². The Balaban J connectivity index is 1.56. The molecule has 154 valence electrons. The van der Waals surface area contributed by atoms with Crippen molar-refractivity contribution in [1.82, 2.24) is 19.2 Å². The van der Waals surface area contributed by atoms with E-state index in [0.29, 0.717) is 34.5 Å². The molecule has 29 heavy (non-hydrogen) atoms. The van der Waals surface area contributed by atoms with E-state index in [-0.39, 0.29) is 5.91 Å². The lowest BCUT2D eigenvalue weighted by Crippen LogP contribution is -2.39. The number of alkyl halides is 3. The minimum absolute atomic E-state index is 0.0899. The number of benzene rings is 1. The lowest BCUT2D eigenvalue weighted by molar-refractivity contribution is -0.137. The third-order valence-corrected chi connectivity index (χ3v) is 6.28. The van der Waals surface area contributed by atoms with Gasteiger partial charge in [0.05, 0.1) is 11.3 Å². The molecule has 2 aromatic heterocycles. The molecule has 4 rings (SSSR count). The van der Waals surface area contributed by atoms with Crippen molar-refractivity contribution in [3.05, 3.63) is 47.1 Å². The van der Waals surface area contributed by atoms with E-state index in [9.17, 15) is 18.0 Å². The summed E-state index contributed by atoms with van der Waals surface area (Å²) in [5.74, 6) is -0.0899. The molecule has 1 amide bonds. The Morgan fingerprint density at radius 1 is 1.31 bits per heavy atom. The Bertz CT molecular complexity index is 1020. The minimum Gasteiger partial charge on any atom is -0.339 e. The Hall–Kier alpha value is -2.39. The van der Waals surface area contributed by atoms with Gasteiger partial charge in [-0.2, -0.15) is 13.2 Å². The van der Waals surface area contributed by atoms with Gasteiger partial charge in [0.2, 0.25) is 0 Å². The van der Waals surface area contributed by atoms with Crippen molar-refractivity contribution in [3.8, 4) is 11.3 Å². The third-order valence-electron chi connectivity index (χ3n) is 5.44. The first-order valence-corrected chi connectivity index (χ1v) is 10.2. The van der Waals surface area contributed by atoms with Crippen LogP contribution in [0, 0.1) is 0 Å². The van der Waals surface area contributed by atoms with Gasteiger partial charge in [-0.1, -0.05) is 12.1 Å². The Kier molecular flexibility index (Phi) is 5.12. The molecule has 0 saturated carbocycles. The zero-order valence-corrected chi connectivity index (χ0v) is 16.9. The topological polar surface area (TPSA) is 40.8 Å². The number of aromatic nitrogens is 2. The number of thiazole rings is 1. The summed E-state index contributed by atoms with van der Waals surface area (Å²) >= 11 is 1.34. The van der Waals surface area contributed by atoms with Crippen LogP contribution in [0.3, 0.4) is 0 Å². The molecule has 3 heterocycles. The quantitative estimate of drug-likeness (QED) is 0.631. The first kappa shape index (κ1) is 19.9. The third kappa shape index (κ3) is 3.89. The van der Waals surface area contributed by atoms with Crippen LogP contribution < -0.4 is 0 Å². The summed E-state index contributed by atoms with van der Waals surface area (Å²) in [6.07, 6.45) is -0.442. The molecule has 1 aromatic carbocycles. The van der Waals surface area contributed by atoms with E-state index in [1.165, 1.54) is 23.5 Å². The molecule has 1 unspecified atom stereocenters.